The molecule has 0 saturated heterocycles. The van der Waals surface area contributed by atoms with Crippen molar-refractivity contribution in [2.24, 2.45) is 0 Å². The number of hydrogen-bond acceptors (Lipinski definition) is 0. The molecular weight excluding hydrogens is 139 g/mol. The highest BCUT2D eigenvalue weighted by atomic mass is 19.1. The first-order chi connectivity index (χ1) is 5.27. The van der Waals surface area contributed by atoms with Crippen LogP contribution >= 0.6 is 0 Å². The highest BCUT2D eigenvalue weighted by molar-refractivity contribution is 5.61. The second-order valence-corrected chi connectivity index (χ2v) is 2.92. The molecule has 0 radical (unpaired) electrons. The fraction of sp³-hybridized carbons (Fsp3) is 0.200. The number of rotatable bonds is 0. The Morgan fingerprint density at radius 1 is 1.36 bits per heavy atom. The predicted octanol–water partition coefficient (Wildman–Crippen LogP) is 2.96. The van der Waals surface area contributed by atoms with Gasteiger partial charge in [-0.05, 0) is 29.2 Å². The van der Waals surface area contributed by atoms with Gasteiger partial charge in [0.1, 0.15) is 5.82 Å². The van der Waals surface area contributed by atoms with Crippen LogP contribution in [0.15, 0.2) is 24.3 Å². The van der Waals surface area contributed by atoms with Crippen molar-refractivity contribution in [2.75, 3.05) is 0 Å². The van der Waals surface area contributed by atoms with Gasteiger partial charge in [-0.2, -0.15) is 0 Å². The summed E-state index contributed by atoms with van der Waals surface area (Å²) in [5.41, 5.74) is 2.25. The van der Waals surface area contributed by atoms with Gasteiger partial charge in [0, 0.05) is 0 Å². The molecule has 1 aromatic rings. The predicted molar refractivity (Wildman–Crippen MR) is 43.8 cm³/mol. The summed E-state index contributed by atoms with van der Waals surface area (Å²) in [6.45, 7) is 2.11. The number of benzene rings is 1. The van der Waals surface area contributed by atoms with E-state index in [0.717, 1.165) is 5.56 Å². The molecule has 0 saturated carbocycles. The molecule has 0 aliphatic heterocycles. The maximum atomic E-state index is 12.7. The lowest BCUT2D eigenvalue weighted by molar-refractivity contribution is 0.626. The second-order valence-electron chi connectivity index (χ2n) is 2.92. The van der Waals surface area contributed by atoms with Crippen molar-refractivity contribution in [3.05, 3.63) is 41.2 Å². The zero-order valence-corrected chi connectivity index (χ0v) is 6.34. The van der Waals surface area contributed by atoms with Gasteiger partial charge in [-0.15, -0.1) is 0 Å². The Balaban J connectivity index is 2.58. The number of allylic oxidation sites excluding steroid dienone is 1. The third-order valence-electron chi connectivity index (χ3n) is 2.10. The molecule has 0 aromatic heterocycles. The van der Waals surface area contributed by atoms with Gasteiger partial charge in [-0.25, -0.2) is 4.39 Å². The van der Waals surface area contributed by atoms with E-state index in [-0.39, 0.29) is 5.82 Å². The monoisotopic (exact) mass is 148 g/mol. The molecule has 0 N–H and O–H groups in total. The maximum absolute atomic E-state index is 12.7. The molecule has 0 amide bonds. The topological polar surface area (TPSA) is 0 Å². The van der Waals surface area contributed by atoms with Crippen LogP contribution in [0.1, 0.15) is 24.0 Å². The summed E-state index contributed by atoms with van der Waals surface area (Å²) in [6, 6.07) is 4.95. The van der Waals surface area contributed by atoms with E-state index in [1.165, 1.54) is 11.6 Å². The molecule has 0 spiro atoms. The molecule has 0 fully saturated rings. The van der Waals surface area contributed by atoms with Crippen LogP contribution in [0.5, 0.6) is 0 Å². The van der Waals surface area contributed by atoms with Gasteiger partial charge in [-0.3, -0.25) is 0 Å². The van der Waals surface area contributed by atoms with E-state index in [1.807, 2.05) is 12.1 Å². The van der Waals surface area contributed by atoms with Crippen molar-refractivity contribution in [2.45, 2.75) is 12.8 Å². The zero-order chi connectivity index (χ0) is 7.84. The van der Waals surface area contributed by atoms with Gasteiger partial charge in [-0.1, -0.05) is 25.1 Å². The van der Waals surface area contributed by atoms with E-state index in [1.54, 1.807) is 6.07 Å². The average Bonchev–Trinajstić information content (AvgIpc) is 2.32. The van der Waals surface area contributed by atoms with Gasteiger partial charge >= 0.3 is 0 Å². The van der Waals surface area contributed by atoms with E-state index in [4.69, 9.17) is 0 Å². The molecular formula is C10H9F. The van der Waals surface area contributed by atoms with Crippen molar-refractivity contribution in [3.63, 3.8) is 0 Å². The molecule has 1 heteroatoms. The quantitative estimate of drug-likeness (QED) is 0.530. The Labute approximate surface area is 65.4 Å². The van der Waals surface area contributed by atoms with Crippen LogP contribution in [0.3, 0.4) is 0 Å². The first-order valence-corrected chi connectivity index (χ1v) is 3.75. The summed E-state index contributed by atoms with van der Waals surface area (Å²) in [4.78, 5) is 0. The molecule has 1 aliphatic rings. The van der Waals surface area contributed by atoms with Crippen LogP contribution in [-0.4, -0.2) is 0 Å². The van der Waals surface area contributed by atoms with E-state index in [9.17, 15) is 4.39 Å². The number of fused-ring (bicyclic) bond motifs is 1. The fourth-order valence-corrected chi connectivity index (χ4v) is 1.46. The lowest BCUT2D eigenvalue weighted by atomic mass is 10.0. The van der Waals surface area contributed by atoms with Crippen LogP contribution in [0.2, 0.25) is 0 Å². The van der Waals surface area contributed by atoms with Crippen molar-refractivity contribution in [1.29, 1.82) is 0 Å². The zero-order valence-electron chi connectivity index (χ0n) is 6.34. The molecule has 1 unspecified atom stereocenters. The van der Waals surface area contributed by atoms with Gasteiger partial charge in [0.05, 0.1) is 0 Å². The minimum atomic E-state index is -0.150. The minimum absolute atomic E-state index is 0.150. The SMILES string of the molecule is CC1C=Cc2cc(F)ccc21. The molecule has 56 valence electrons. The Morgan fingerprint density at radius 2 is 2.18 bits per heavy atom. The van der Waals surface area contributed by atoms with E-state index >= 15 is 0 Å². The highest BCUT2D eigenvalue weighted by Crippen LogP contribution is 2.29. The van der Waals surface area contributed by atoms with Crippen molar-refractivity contribution in [1.82, 2.24) is 0 Å². The first-order valence-electron chi connectivity index (χ1n) is 3.75. The third-order valence-corrected chi connectivity index (χ3v) is 2.10. The van der Waals surface area contributed by atoms with Crippen LogP contribution < -0.4 is 0 Å². The van der Waals surface area contributed by atoms with E-state index in [2.05, 4.69) is 13.0 Å². The molecule has 1 aliphatic carbocycles. The molecule has 1 aromatic carbocycles. The van der Waals surface area contributed by atoms with Gasteiger partial charge in [0.2, 0.25) is 0 Å². The highest BCUT2D eigenvalue weighted by Gasteiger charge is 2.12. The molecule has 0 bridgehead atoms. The molecule has 0 heterocycles. The van der Waals surface area contributed by atoms with Gasteiger partial charge in [0.25, 0.3) is 0 Å². The standard InChI is InChI=1S/C10H9F/c1-7-2-3-8-6-9(11)4-5-10(7)8/h2-7H,1H3. The summed E-state index contributed by atoms with van der Waals surface area (Å²) >= 11 is 0. The van der Waals surface area contributed by atoms with Crippen LogP contribution in [0.4, 0.5) is 4.39 Å². The van der Waals surface area contributed by atoms with Crippen molar-refractivity contribution >= 4 is 6.08 Å². The Morgan fingerprint density at radius 3 is 3.00 bits per heavy atom. The fourth-order valence-electron chi connectivity index (χ4n) is 1.46. The smallest absolute Gasteiger partial charge is 0.123 e. The van der Waals surface area contributed by atoms with Crippen molar-refractivity contribution in [3.8, 4) is 0 Å². The average molecular weight is 148 g/mol. The Hall–Kier alpha value is -1.11. The summed E-state index contributed by atoms with van der Waals surface area (Å²) in [5.74, 6) is 0.299. The largest absolute Gasteiger partial charge is 0.207 e. The lowest BCUT2D eigenvalue weighted by Crippen LogP contribution is -1.87. The first kappa shape index (κ1) is 6.59. The Bertz CT molecular complexity index is 313. The summed E-state index contributed by atoms with van der Waals surface area (Å²) in [5, 5.41) is 0. The minimum Gasteiger partial charge on any atom is -0.207 e. The summed E-state index contributed by atoms with van der Waals surface area (Å²) in [6.07, 6.45) is 4.06. The van der Waals surface area contributed by atoms with Crippen LogP contribution in [0.25, 0.3) is 6.08 Å². The number of halogens is 1. The maximum Gasteiger partial charge on any atom is 0.123 e. The summed E-state index contributed by atoms with van der Waals surface area (Å²) < 4.78 is 12.7. The molecule has 1 atom stereocenters. The Kier molecular flexibility index (Phi) is 1.31. The second kappa shape index (κ2) is 2.19. The van der Waals surface area contributed by atoms with Crippen LogP contribution in [0, 0.1) is 5.82 Å². The molecule has 2 rings (SSSR count). The van der Waals surface area contributed by atoms with Gasteiger partial charge in [0.15, 0.2) is 0 Å². The van der Waals surface area contributed by atoms with E-state index in [0.29, 0.717) is 5.92 Å². The van der Waals surface area contributed by atoms with Gasteiger partial charge < -0.3 is 0 Å². The normalized spacial score (nSPS) is 20.4. The van der Waals surface area contributed by atoms with Crippen molar-refractivity contribution < 1.29 is 4.39 Å². The lowest BCUT2D eigenvalue weighted by Gasteiger charge is -2.02. The number of hydrogen-bond donors (Lipinski definition) is 0. The molecule has 0 nitrogen and oxygen atoms in total. The molecule has 11 heavy (non-hydrogen) atoms. The third kappa shape index (κ3) is 0.967. The summed E-state index contributed by atoms with van der Waals surface area (Å²) in [7, 11) is 0. The van der Waals surface area contributed by atoms with Crippen LogP contribution in [-0.2, 0) is 0 Å². The van der Waals surface area contributed by atoms with E-state index < -0.39 is 0 Å².